The maximum atomic E-state index is 11.5. The molecule has 14 heavy (non-hydrogen) atoms. The third kappa shape index (κ3) is 1.69. The van der Waals surface area contributed by atoms with Crippen LogP contribution in [0.5, 0.6) is 0 Å². The van der Waals surface area contributed by atoms with E-state index in [0.717, 1.165) is 6.29 Å². The van der Waals surface area contributed by atoms with Gasteiger partial charge in [-0.1, -0.05) is 0 Å². The van der Waals surface area contributed by atoms with Crippen LogP contribution in [0, 0.1) is 6.92 Å². The Morgan fingerprint density at radius 1 is 1.64 bits per heavy atom. The molecule has 0 aliphatic rings. The van der Waals surface area contributed by atoms with Crippen LogP contribution in [0.1, 0.15) is 33.3 Å². The zero-order chi connectivity index (χ0) is 10.7. The summed E-state index contributed by atoms with van der Waals surface area (Å²) in [6.07, 6.45) is 2.35. The summed E-state index contributed by atoms with van der Waals surface area (Å²) in [7, 11) is 1.71. The molecule has 1 aromatic rings. The van der Waals surface area contributed by atoms with Gasteiger partial charge in [-0.25, -0.2) is 4.79 Å². The molecule has 1 heterocycles. The van der Waals surface area contributed by atoms with Gasteiger partial charge in [-0.05, 0) is 19.4 Å². The molecule has 0 atom stereocenters. The molecule has 4 nitrogen and oxygen atoms in total. The van der Waals surface area contributed by atoms with E-state index in [1.54, 1.807) is 31.7 Å². The second-order valence-electron chi connectivity index (χ2n) is 3.01. The first-order valence-electron chi connectivity index (χ1n) is 4.40. The molecule has 76 valence electrons. The quantitative estimate of drug-likeness (QED) is 0.540. The molecular weight excluding hydrogens is 182 g/mol. The number of aldehydes is 1. The molecule has 0 radical (unpaired) electrons. The number of nitrogens with zero attached hydrogens (tertiary/aromatic N) is 1. The fraction of sp³-hybridized carbons (Fsp3) is 0.400. The van der Waals surface area contributed by atoms with Gasteiger partial charge in [0.15, 0.2) is 6.29 Å². The topological polar surface area (TPSA) is 48.3 Å². The lowest BCUT2D eigenvalue weighted by Gasteiger charge is -2.03. The minimum absolute atomic E-state index is 0.333. The van der Waals surface area contributed by atoms with E-state index in [4.69, 9.17) is 4.74 Å². The molecule has 1 rings (SSSR count). The minimum atomic E-state index is -0.388. The Hall–Kier alpha value is -1.58. The molecule has 0 aliphatic heterocycles. The van der Waals surface area contributed by atoms with Gasteiger partial charge in [-0.2, -0.15) is 0 Å². The van der Waals surface area contributed by atoms with Crippen molar-refractivity contribution in [3.8, 4) is 0 Å². The second-order valence-corrected chi connectivity index (χ2v) is 3.01. The highest BCUT2D eigenvalue weighted by Crippen LogP contribution is 2.14. The molecule has 0 aliphatic carbocycles. The fourth-order valence-corrected chi connectivity index (χ4v) is 1.39. The number of aromatic nitrogens is 1. The van der Waals surface area contributed by atoms with Crippen LogP contribution in [0.2, 0.25) is 0 Å². The van der Waals surface area contributed by atoms with E-state index >= 15 is 0 Å². The van der Waals surface area contributed by atoms with Crippen molar-refractivity contribution >= 4 is 12.3 Å². The molecule has 4 heteroatoms. The maximum Gasteiger partial charge on any atom is 0.355 e. The summed E-state index contributed by atoms with van der Waals surface area (Å²) in [6.45, 7) is 3.81. The standard InChI is InChI=1S/C10H13NO3/c1-4-14-10(13)9-7(2)8(6-12)5-11(9)3/h5-6H,4H2,1-3H3. The summed E-state index contributed by atoms with van der Waals surface area (Å²) in [5.74, 6) is -0.388. The SMILES string of the molecule is CCOC(=O)c1c(C)c(C=O)cn1C. The molecule has 0 saturated heterocycles. The fourth-order valence-electron chi connectivity index (χ4n) is 1.39. The molecule has 1 aromatic heterocycles. The van der Waals surface area contributed by atoms with Gasteiger partial charge in [0, 0.05) is 18.8 Å². The van der Waals surface area contributed by atoms with Gasteiger partial charge in [0.25, 0.3) is 0 Å². The monoisotopic (exact) mass is 195 g/mol. The summed E-state index contributed by atoms with van der Waals surface area (Å²) in [5, 5.41) is 0. The normalized spacial score (nSPS) is 9.93. The molecule has 0 bridgehead atoms. The number of carbonyl (C=O) groups is 2. The number of rotatable bonds is 3. The molecule has 0 spiro atoms. The van der Waals surface area contributed by atoms with Crippen molar-refractivity contribution in [3.05, 3.63) is 23.0 Å². The van der Waals surface area contributed by atoms with E-state index in [1.807, 2.05) is 0 Å². The zero-order valence-corrected chi connectivity index (χ0v) is 8.53. The van der Waals surface area contributed by atoms with Crippen molar-refractivity contribution < 1.29 is 14.3 Å². The summed E-state index contributed by atoms with van der Waals surface area (Å²) >= 11 is 0. The van der Waals surface area contributed by atoms with E-state index in [2.05, 4.69) is 0 Å². The van der Waals surface area contributed by atoms with Gasteiger partial charge in [0.05, 0.1) is 6.61 Å². The Morgan fingerprint density at radius 2 is 2.29 bits per heavy atom. The van der Waals surface area contributed by atoms with Crippen LogP contribution in [0.4, 0.5) is 0 Å². The van der Waals surface area contributed by atoms with Crippen molar-refractivity contribution in [1.29, 1.82) is 0 Å². The Kier molecular flexibility index (Phi) is 3.06. The number of esters is 1. The summed E-state index contributed by atoms with van der Waals surface area (Å²) in [6, 6.07) is 0. The van der Waals surface area contributed by atoms with Gasteiger partial charge in [-0.3, -0.25) is 4.79 Å². The van der Waals surface area contributed by atoms with E-state index in [1.165, 1.54) is 0 Å². The van der Waals surface area contributed by atoms with Gasteiger partial charge in [-0.15, -0.1) is 0 Å². The summed E-state index contributed by atoms with van der Waals surface area (Å²) < 4.78 is 6.48. The van der Waals surface area contributed by atoms with Crippen molar-refractivity contribution in [3.63, 3.8) is 0 Å². The maximum absolute atomic E-state index is 11.5. The van der Waals surface area contributed by atoms with E-state index in [0.29, 0.717) is 23.4 Å². The predicted octanol–water partition coefficient (Wildman–Crippen LogP) is 1.32. The third-order valence-corrected chi connectivity index (χ3v) is 2.07. The van der Waals surface area contributed by atoms with Crippen LogP contribution < -0.4 is 0 Å². The van der Waals surface area contributed by atoms with Crippen LogP contribution in [-0.2, 0) is 11.8 Å². The molecule has 0 saturated carbocycles. The Bertz CT molecular complexity index is 366. The smallest absolute Gasteiger partial charge is 0.355 e. The summed E-state index contributed by atoms with van der Waals surface area (Å²) in [4.78, 5) is 22.1. The van der Waals surface area contributed by atoms with Crippen LogP contribution >= 0.6 is 0 Å². The average Bonchev–Trinajstić information content (AvgIpc) is 2.41. The number of hydrogen-bond donors (Lipinski definition) is 0. The first-order valence-corrected chi connectivity index (χ1v) is 4.40. The lowest BCUT2D eigenvalue weighted by Crippen LogP contribution is -2.10. The Balaban J connectivity index is 3.13. The van der Waals surface area contributed by atoms with Gasteiger partial charge in [0.2, 0.25) is 0 Å². The first kappa shape index (κ1) is 10.5. The molecule has 0 fully saturated rings. The van der Waals surface area contributed by atoms with E-state index < -0.39 is 0 Å². The molecule has 0 unspecified atom stereocenters. The van der Waals surface area contributed by atoms with Crippen molar-refractivity contribution in [1.82, 2.24) is 4.57 Å². The molecular formula is C10H13NO3. The van der Waals surface area contributed by atoms with Crippen LogP contribution in [0.15, 0.2) is 6.20 Å². The Labute approximate surface area is 82.5 Å². The van der Waals surface area contributed by atoms with Crippen molar-refractivity contribution in [2.75, 3.05) is 6.61 Å². The van der Waals surface area contributed by atoms with E-state index in [-0.39, 0.29) is 5.97 Å². The molecule has 0 amide bonds. The predicted molar refractivity (Wildman–Crippen MR) is 51.5 cm³/mol. The van der Waals surface area contributed by atoms with E-state index in [9.17, 15) is 9.59 Å². The number of carbonyl (C=O) groups excluding carboxylic acids is 2. The Morgan fingerprint density at radius 3 is 2.71 bits per heavy atom. The van der Waals surface area contributed by atoms with Gasteiger partial charge < -0.3 is 9.30 Å². The third-order valence-electron chi connectivity index (χ3n) is 2.07. The van der Waals surface area contributed by atoms with Crippen LogP contribution in [0.3, 0.4) is 0 Å². The van der Waals surface area contributed by atoms with Crippen molar-refractivity contribution in [2.24, 2.45) is 7.05 Å². The van der Waals surface area contributed by atoms with Gasteiger partial charge >= 0.3 is 5.97 Å². The summed E-state index contributed by atoms with van der Waals surface area (Å²) in [5.41, 5.74) is 1.63. The van der Waals surface area contributed by atoms with Crippen LogP contribution in [-0.4, -0.2) is 23.4 Å². The average molecular weight is 195 g/mol. The molecule has 0 N–H and O–H groups in total. The molecule has 0 aromatic carbocycles. The highest BCUT2D eigenvalue weighted by atomic mass is 16.5. The minimum Gasteiger partial charge on any atom is -0.461 e. The second kappa shape index (κ2) is 4.09. The van der Waals surface area contributed by atoms with Crippen LogP contribution in [0.25, 0.3) is 0 Å². The first-order chi connectivity index (χ1) is 6.61. The van der Waals surface area contributed by atoms with Crippen molar-refractivity contribution in [2.45, 2.75) is 13.8 Å². The lowest BCUT2D eigenvalue weighted by atomic mass is 10.2. The number of hydrogen-bond acceptors (Lipinski definition) is 3. The number of aryl methyl sites for hydroxylation is 1. The highest BCUT2D eigenvalue weighted by Gasteiger charge is 2.17. The largest absolute Gasteiger partial charge is 0.461 e. The van der Waals surface area contributed by atoms with Gasteiger partial charge in [0.1, 0.15) is 5.69 Å². The highest BCUT2D eigenvalue weighted by molar-refractivity contribution is 5.93. The number of ether oxygens (including phenoxy) is 1. The zero-order valence-electron chi connectivity index (χ0n) is 8.53. The lowest BCUT2D eigenvalue weighted by molar-refractivity contribution is 0.0514.